The molecule has 2 unspecified atom stereocenters. The highest BCUT2D eigenvalue weighted by molar-refractivity contribution is 7.10. The Morgan fingerprint density at radius 2 is 1.98 bits per heavy atom. The van der Waals surface area contributed by atoms with Gasteiger partial charge in [0.2, 0.25) is 11.8 Å². The molecule has 1 aromatic heterocycles. The van der Waals surface area contributed by atoms with Crippen LogP contribution in [0.2, 0.25) is 0 Å². The molecule has 1 aromatic carbocycles. The fraction of sp³-hybridized carbons (Fsp3) is 0.400. The molecule has 6 rings (SSSR count). The SMILES string of the molecule is C=CCN1CC(=O)N2[C@@H](Cc3ccc(O)cc3)C(=O)N(Cc3csc4c3C=C(F)CC4C)C[C@@H]2N1C(=O)NCC1=CC=CC(C)C1. The Balaban J connectivity index is 1.34. The molecular formula is C35H40FN5O4S. The third-order valence-electron chi connectivity index (χ3n) is 9.12. The lowest BCUT2D eigenvalue weighted by atomic mass is 9.93. The maximum atomic E-state index is 14.6. The van der Waals surface area contributed by atoms with E-state index >= 15 is 0 Å². The number of thiophene rings is 1. The number of carbonyl (C=O) groups is 3. The van der Waals surface area contributed by atoms with Gasteiger partial charge in [-0.15, -0.1) is 17.9 Å². The number of carbonyl (C=O) groups excluding carboxylic acids is 3. The lowest BCUT2D eigenvalue weighted by Gasteiger charge is -2.55. The number of halogens is 1. The molecule has 2 saturated heterocycles. The van der Waals surface area contributed by atoms with Crippen LogP contribution < -0.4 is 5.32 Å². The van der Waals surface area contributed by atoms with Crippen LogP contribution >= 0.6 is 11.3 Å². The second-order valence-electron chi connectivity index (χ2n) is 12.7. The Hall–Kier alpha value is -4.22. The summed E-state index contributed by atoms with van der Waals surface area (Å²) in [7, 11) is 0. The van der Waals surface area contributed by atoms with Gasteiger partial charge in [-0.05, 0) is 58.5 Å². The molecule has 2 aliphatic carbocycles. The van der Waals surface area contributed by atoms with Crippen LogP contribution in [-0.2, 0) is 22.6 Å². The van der Waals surface area contributed by atoms with Crippen LogP contribution in [0, 0.1) is 5.92 Å². The lowest BCUT2D eigenvalue weighted by molar-refractivity contribution is -0.189. The molecule has 2 aromatic rings. The Bertz CT molecular complexity index is 1610. The van der Waals surface area contributed by atoms with Crippen molar-refractivity contribution in [3.05, 3.63) is 93.5 Å². The number of hydrogen-bond acceptors (Lipinski definition) is 6. The van der Waals surface area contributed by atoms with E-state index in [1.165, 1.54) is 0 Å². The Labute approximate surface area is 272 Å². The number of phenolic OH excluding ortho intramolecular Hbond substituents is 1. The second-order valence-corrected chi connectivity index (χ2v) is 13.6. The molecule has 3 heterocycles. The summed E-state index contributed by atoms with van der Waals surface area (Å²) in [5, 5.41) is 18.2. The van der Waals surface area contributed by atoms with Crippen LogP contribution in [0.5, 0.6) is 5.75 Å². The summed E-state index contributed by atoms with van der Waals surface area (Å²) >= 11 is 1.57. The third-order valence-corrected chi connectivity index (χ3v) is 10.4. The van der Waals surface area contributed by atoms with Gasteiger partial charge in [0.15, 0.2) is 0 Å². The summed E-state index contributed by atoms with van der Waals surface area (Å²) in [4.78, 5) is 46.5. The van der Waals surface area contributed by atoms with Gasteiger partial charge >= 0.3 is 6.03 Å². The largest absolute Gasteiger partial charge is 0.508 e. The number of allylic oxidation sites excluding steroid dienone is 4. The highest BCUT2D eigenvalue weighted by Gasteiger charge is 2.51. The molecule has 4 aliphatic rings. The van der Waals surface area contributed by atoms with Gasteiger partial charge in [-0.2, -0.15) is 0 Å². The van der Waals surface area contributed by atoms with Crippen molar-refractivity contribution < 1.29 is 23.9 Å². The summed E-state index contributed by atoms with van der Waals surface area (Å²) in [6, 6.07) is 5.32. The van der Waals surface area contributed by atoms with Crippen molar-refractivity contribution >= 4 is 35.3 Å². The molecule has 2 aliphatic heterocycles. The Morgan fingerprint density at radius 3 is 2.72 bits per heavy atom. The molecule has 2 N–H and O–H groups in total. The maximum absolute atomic E-state index is 14.6. The third kappa shape index (κ3) is 6.39. The topological polar surface area (TPSA) is 96.4 Å². The molecule has 0 radical (unpaired) electrons. The monoisotopic (exact) mass is 645 g/mol. The van der Waals surface area contributed by atoms with Crippen LogP contribution in [0.3, 0.4) is 0 Å². The number of urea groups is 1. The first kappa shape index (κ1) is 31.7. The number of rotatable bonds is 8. The minimum atomic E-state index is -0.885. The minimum absolute atomic E-state index is 0.0499. The van der Waals surface area contributed by atoms with Crippen molar-refractivity contribution in [1.82, 2.24) is 25.1 Å². The summed E-state index contributed by atoms with van der Waals surface area (Å²) in [6.07, 6.45) is 10.0. The molecule has 0 spiro atoms. The summed E-state index contributed by atoms with van der Waals surface area (Å²) in [5.41, 5.74) is 3.54. The normalized spacial score (nSPS) is 24.7. The van der Waals surface area contributed by atoms with Crippen molar-refractivity contribution in [2.24, 2.45) is 5.92 Å². The first-order valence-electron chi connectivity index (χ1n) is 15.8. The van der Waals surface area contributed by atoms with Crippen LogP contribution in [0.1, 0.15) is 54.2 Å². The van der Waals surface area contributed by atoms with Crippen LogP contribution in [0.4, 0.5) is 9.18 Å². The van der Waals surface area contributed by atoms with Gasteiger partial charge in [-0.1, -0.05) is 55.9 Å². The maximum Gasteiger partial charge on any atom is 0.334 e. The average molecular weight is 646 g/mol. The fourth-order valence-electron chi connectivity index (χ4n) is 6.93. The number of piperazine rings is 1. The number of aromatic hydroxyl groups is 1. The van der Waals surface area contributed by atoms with E-state index in [2.05, 4.69) is 24.9 Å². The first-order valence-corrected chi connectivity index (χ1v) is 16.6. The molecule has 4 atom stereocenters. The van der Waals surface area contributed by atoms with Crippen LogP contribution in [-0.4, -0.2) is 81.2 Å². The van der Waals surface area contributed by atoms with Crippen LogP contribution in [0.15, 0.2) is 71.9 Å². The van der Waals surface area contributed by atoms with E-state index in [0.717, 1.165) is 33.6 Å². The van der Waals surface area contributed by atoms with E-state index < -0.39 is 12.2 Å². The van der Waals surface area contributed by atoms with Crippen molar-refractivity contribution in [3.8, 4) is 5.75 Å². The fourth-order valence-corrected chi connectivity index (χ4v) is 8.03. The van der Waals surface area contributed by atoms with Gasteiger partial charge in [0.25, 0.3) is 0 Å². The van der Waals surface area contributed by atoms with Gasteiger partial charge in [0, 0.05) is 37.4 Å². The number of hydrazine groups is 1. The summed E-state index contributed by atoms with van der Waals surface area (Å²) in [6.45, 7) is 8.84. The smallest absolute Gasteiger partial charge is 0.334 e. The van der Waals surface area contributed by atoms with Gasteiger partial charge in [0.05, 0.1) is 13.1 Å². The molecule has 2 fully saturated rings. The lowest BCUT2D eigenvalue weighted by Crippen LogP contribution is -2.76. The van der Waals surface area contributed by atoms with Crippen molar-refractivity contribution in [2.75, 3.05) is 26.2 Å². The van der Waals surface area contributed by atoms with E-state index in [4.69, 9.17) is 0 Å². The number of nitrogens with zero attached hydrogens (tertiary/aromatic N) is 4. The molecule has 242 valence electrons. The van der Waals surface area contributed by atoms with E-state index in [1.807, 2.05) is 24.5 Å². The Morgan fingerprint density at radius 1 is 1.20 bits per heavy atom. The standard InChI is InChI=1S/C35H40FN5O4S/c1-4-12-39-20-32(43)40-30(15-24-8-10-28(42)11-9-24)34(44)38(18-26-21-46-33-23(3)14-27(36)16-29(26)33)19-31(40)41(39)35(45)37-17-25-7-5-6-22(2)13-25/h4-11,16,21-23,30-31,42H,1,12-15,17-20H2,2-3H3,(H,37,45)/t22?,23?,30-,31-/m0/s1. The molecule has 4 amide bonds. The summed E-state index contributed by atoms with van der Waals surface area (Å²) < 4.78 is 14.6. The summed E-state index contributed by atoms with van der Waals surface area (Å²) in [5.74, 6) is -0.145. The van der Waals surface area contributed by atoms with E-state index in [1.54, 1.807) is 67.6 Å². The highest BCUT2D eigenvalue weighted by Crippen LogP contribution is 2.40. The number of phenols is 1. The van der Waals surface area contributed by atoms with Gasteiger partial charge < -0.3 is 20.2 Å². The van der Waals surface area contributed by atoms with Crippen molar-refractivity contribution in [1.29, 1.82) is 0 Å². The molecule has 0 saturated carbocycles. The van der Waals surface area contributed by atoms with Crippen LogP contribution in [0.25, 0.3) is 6.08 Å². The molecule has 0 bridgehead atoms. The highest BCUT2D eigenvalue weighted by atomic mass is 32.1. The predicted octanol–water partition coefficient (Wildman–Crippen LogP) is 5.33. The number of nitrogens with one attached hydrogen (secondary N) is 1. The zero-order chi connectivity index (χ0) is 32.5. The van der Waals surface area contributed by atoms with Gasteiger partial charge in [0.1, 0.15) is 23.8 Å². The Kier molecular flexibility index (Phi) is 9.15. The second kappa shape index (κ2) is 13.3. The quantitative estimate of drug-likeness (QED) is 0.379. The van der Waals surface area contributed by atoms with Crippen molar-refractivity contribution in [2.45, 2.75) is 57.8 Å². The van der Waals surface area contributed by atoms with E-state index in [9.17, 15) is 23.9 Å². The van der Waals surface area contributed by atoms with Crippen molar-refractivity contribution in [3.63, 3.8) is 0 Å². The average Bonchev–Trinajstić information content (AvgIpc) is 3.42. The zero-order valence-electron chi connectivity index (χ0n) is 26.2. The number of amides is 4. The number of fused-ring (bicyclic) bond motifs is 2. The zero-order valence-corrected chi connectivity index (χ0v) is 27.0. The van der Waals surface area contributed by atoms with E-state index in [0.29, 0.717) is 18.9 Å². The van der Waals surface area contributed by atoms with Gasteiger partial charge in [-0.3, -0.25) is 9.59 Å². The number of hydrogen-bond donors (Lipinski definition) is 2. The molecule has 46 heavy (non-hydrogen) atoms. The van der Waals surface area contributed by atoms with Gasteiger partial charge in [-0.25, -0.2) is 19.2 Å². The van der Waals surface area contributed by atoms with E-state index in [-0.39, 0.29) is 67.9 Å². The molecule has 11 heteroatoms. The number of benzene rings is 1. The predicted molar refractivity (Wildman–Crippen MR) is 176 cm³/mol. The molecular weight excluding hydrogens is 605 g/mol. The minimum Gasteiger partial charge on any atom is -0.508 e. The first-order chi connectivity index (χ1) is 22.1. The molecule has 9 nitrogen and oxygen atoms in total.